The largest absolute Gasteiger partial charge is 0.252 e. The number of para-hydroxylation sites is 1. The van der Waals surface area contributed by atoms with Crippen molar-refractivity contribution < 1.29 is 0 Å². The number of fused-ring (bicyclic) bond motifs is 8. The fourth-order valence-corrected chi connectivity index (χ4v) is 9.93. The van der Waals surface area contributed by atoms with Crippen molar-refractivity contribution in [3.63, 3.8) is 0 Å². The van der Waals surface area contributed by atoms with Gasteiger partial charge in [-0.05, 0) is 132 Å². The molecule has 1 aromatic heterocycles. The molecule has 0 amide bonds. The van der Waals surface area contributed by atoms with E-state index >= 15 is 0 Å². The second-order valence-corrected chi connectivity index (χ2v) is 16.4. The van der Waals surface area contributed by atoms with Crippen LogP contribution in [0.2, 0.25) is 0 Å². The molecule has 1 aliphatic heterocycles. The van der Waals surface area contributed by atoms with Crippen molar-refractivity contribution in [3.05, 3.63) is 206 Å². The maximum absolute atomic E-state index is 5.40. The summed E-state index contributed by atoms with van der Waals surface area (Å²) in [7, 11) is 0. The van der Waals surface area contributed by atoms with Gasteiger partial charge < -0.3 is 0 Å². The minimum absolute atomic E-state index is 0.365. The highest BCUT2D eigenvalue weighted by Gasteiger charge is 2.27. The third-order valence-corrected chi connectivity index (χ3v) is 12.8. The standard InChI is InChI=1S/C58H40N2/c1-2-4-24-53-43(18-3-1)36-52-57(60-54-25-12-11-23-50(54)58(52)59-53)46-20-13-19-41(34-46)42-30-31-49-51(35-42)56(45-29-27-38-15-6-8-17-40(38)33-45)48-22-10-9-21-47(48)55(49)44-28-26-37-14-5-7-16-39(37)32-44/h1-2,4-17,19-35,43H,3,18,36H2/b2-1-,24-4-/t43-/m0/s1. The topological polar surface area (TPSA) is 25.2 Å². The van der Waals surface area contributed by atoms with Gasteiger partial charge in [0.25, 0.3) is 0 Å². The zero-order valence-electron chi connectivity index (χ0n) is 33.1. The molecule has 0 saturated carbocycles. The molecule has 9 aromatic carbocycles. The first-order valence-corrected chi connectivity index (χ1v) is 21.1. The SMILES string of the molecule is C1=C\CC[C@H]2Cc3c(-c4cccc(-c5ccc6c(-c7ccc8ccccc8c7)c7ccccc7c(-c7ccc8ccccc8c7)c6c5)c4)nc4ccccc4c3N=C2\C=C/1. The highest BCUT2D eigenvalue weighted by atomic mass is 14.8. The first-order valence-electron chi connectivity index (χ1n) is 21.1. The van der Waals surface area contributed by atoms with Crippen LogP contribution in [0.1, 0.15) is 18.4 Å². The molecule has 0 bridgehead atoms. The van der Waals surface area contributed by atoms with Crippen molar-refractivity contribution in [1.82, 2.24) is 4.98 Å². The zero-order chi connectivity index (χ0) is 39.6. The summed E-state index contributed by atoms with van der Waals surface area (Å²) < 4.78 is 0. The quantitative estimate of drug-likeness (QED) is 0.164. The van der Waals surface area contributed by atoms with Crippen molar-refractivity contribution in [2.24, 2.45) is 10.9 Å². The molecule has 2 nitrogen and oxygen atoms in total. The molecule has 0 N–H and O–H groups in total. The van der Waals surface area contributed by atoms with Crippen LogP contribution in [-0.2, 0) is 6.42 Å². The van der Waals surface area contributed by atoms with Gasteiger partial charge in [-0.25, -0.2) is 4.98 Å². The molecule has 10 aromatic rings. The minimum atomic E-state index is 0.365. The fourth-order valence-electron chi connectivity index (χ4n) is 9.93. The average Bonchev–Trinajstić information content (AvgIpc) is 3.30. The van der Waals surface area contributed by atoms with Crippen molar-refractivity contribution in [2.45, 2.75) is 19.3 Å². The van der Waals surface area contributed by atoms with Crippen LogP contribution in [0.15, 0.2) is 205 Å². The third kappa shape index (κ3) is 5.79. The molecule has 60 heavy (non-hydrogen) atoms. The predicted molar refractivity (Wildman–Crippen MR) is 255 cm³/mol. The number of hydrogen-bond donors (Lipinski definition) is 0. The van der Waals surface area contributed by atoms with Crippen LogP contribution in [-0.4, -0.2) is 10.7 Å². The van der Waals surface area contributed by atoms with E-state index in [2.05, 4.69) is 200 Å². The molecule has 0 unspecified atom stereocenters. The Kier molecular flexibility index (Phi) is 8.16. The summed E-state index contributed by atoms with van der Waals surface area (Å²) in [5.41, 5.74) is 14.0. The van der Waals surface area contributed by atoms with E-state index in [9.17, 15) is 0 Å². The second-order valence-electron chi connectivity index (χ2n) is 16.4. The lowest BCUT2D eigenvalue weighted by Crippen LogP contribution is -2.20. The van der Waals surface area contributed by atoms with Gasteiger partial charge in [-0.15, -0.1) is 0 Å². The predicted octanol–water partition coefficient (Wildman–Crippen LogP) is 15.7. The molecule has 0 spiro atoms. The Balaban J connectivity index is 1.08. The molecule has 1 aliphatic carbocycles. The molecular formula is C58H40N2. The van der Waals surface area contributed by atoms with Gasteiger partial charge in [-0.2, -0.15) is 0 Å². The summed E-state index contributed by atoms with van der Waals surface area (Å²) in [6, 6.07) is 64.8. The van der Waals surface area contributed by atoms with E-state index in [-0.39, 0.29) is 0 Å². The van der Waals surface area contributed by atoms with Crippen molar-refractivity contribution in [1.29, 1.82) is 0 Å². The normalized spacial score (nSPS) is 16.0. The lowest BCUT2D eigenvalue weighted by molar-refractivity contribution is 0.624. The number of aliphatic imine (C=N–C) groups is 1. The molecule has 2 heterocycles. The van der Waals surface area contributed by atoms with Crippen LogP contribution in [0, 0.1) is 5.92 Å². The average molecular weight is 765 g/mol. The maximum Gasteiger partial charge on any atom is 0.0781 e. The number of hydrogen-bond acceptors (Lipinski definition) is 2. The zero-order valence-corrected chi connectivity index (χ0v) is 33.1. The van der Waals surface area contributed by atoms with E-state index in [0.29, 0.717) is 5.92 Å². The molecular weight excluding hydrogens is 725 g/mol. The smallest absolute Gasteiger partial charge is 0.0781 e. The van der Waals surface area contributed by atoms with Crippen LogP contribution in [0.25, 0.3) is 98.6 Å². The Labute approximate surface area is 349 Å². The molecule has 0 radical (unpaired) electrons. The van der Waals surface area contributed by atoms with Crippen molar-refractivity contribution in [2.75, 3.05) is 0 Å². The molecule has 0 saturated heterocycles. The van der Waals surface area contributed by atoms with Gasteiger partial charge in [0.05, 0.1) is 16.9 Å². The fraction of sp³-hybridized carbons (Fsp3) is 0.0690. The number of nitrogens with zero attached hydrogens (tertiary/aromatic N) is 2. The van der Waals surface area contributed by atoms with Gasteiger partial charge >= 0.3 is 0 Å². The van der Waals surface area contributed by atoms with Gasteiger partial charge in [-0.3, -0.25) is 4.99 Å². The maximum atomic E-state index is 5.40. The second kappa shape index (κ2) is 14.1. The van der Waals surface area contributed by atoms with Crippen LogP contribution < -0.4 is 0 Å². The molecule has 2 heteroatoms. The van der Waals surface area contributed by atoms with Crippen LogP contribution in [0.4, 0.5) is 5.69 Å². The minimum Gasteiger partial charge on any atom is -0.252 e. The summed E-state index contributed by atoms with van der Waals surface area (Å²) in [6.45, 7) is 0. The summed E-state index contributed by atoms with van der Waals surface area (Å²) >= 11 is 0. The number of aromatic nitrogens is 1. The highest BCUT2D eigenvalue weighted by Crippen LogP contribution is 2.47. The molecule has 0 fully saturated rings. The Morgan fingerprint density at radius 1 is 0.433 bits per heavy atom. The van der Waals surface area contributed by atoms with E-state index in [4.69, 9.17) is 9.98 Å². The van der Waals surface area contributed by atoms with Gasteiger partial charge in [0, 0.05) is 28.1 Å². The summed E-state index contributed by atoms with van der Waals surface area (Å²) in [5.74, 6) is 0.365. The van der Waals surface area contributed by atoms with Crippen molar-refractivity contribution in [3.8, 4) is 44.6 Å². The van der Waals surface area contributed by atoms with Crippen LogP contribution in [0.3, 0.4) is 0 Å². The Morgan fingerprint density at radius 3 is 1.78 bits per heavy atom. The number of allylic oxidation sites excluding steroid dienone is 4. The van der Waals surface area contributed by atoms with E-state index in [1.54, 1.807) is 0 Å². The monoisotopic (exact) mass is 764 g/mol. The first kappa shape index (κ1) is 34.6. The molecule has 1 atom stereocenters. The van der Waals surface area contributed by atoms with Crippen molar-refractivity contribution >= 4 is 65.4 Å². The number of rotatable bonds is 4. The molecule has 12 rings (SSSR count). The summed E-state index contributed by atoms with van der Waals surface area (Å²) in [6.07, 6.45) is 11.8. The van der Waals surface area contributed by atoms with Gasteiger partial charge in [0.2, 0.25) is 0 Å². The first-order chi connectivity index (χ1) is 29.7. The number of pyridine rings is 1. The Bertz CT molecular complexity index is 3470. The van der Waals surface area contributed by atoms with E-state index < -0.39 is 0 Å². The van der Waals surface area contributed by atoms with Gasteiger partial charge in [-0.1, -0.05) is 164 Å². The van der Waals surface area contributed by atoms with Crippen LogP contribution in [0.5, 0.6) is 0 Å². The summed E-state index contributed by atoms with van der Waals surface area (Å²) in [4.78, 5) is 10.8. The highest BCUT2D eigenvalue weighted by molar-refractivity contribution is 6.22. The lowest BCUT2D eigenvalue weighted by atomic mass is 9.83. The van der Waals surface area contributed by atoms with E-state index in [1.165, 1.54) is 87.7 Å². The number of benzene rings is 9. The van der Waals surface area contributed by atoms with E-state index in [1.807, 2.05) is 0 Å². The van der Waals surface area contributed by atoms with E-state index in [0.717, 1.165) is 47.1 Å². The molecule has 2 aliphatic rings. The van der Waals surface area contributed by atoms with Gasteiger partial charge in [0.15, 0.2) is 0 Å². The third-order valence-electron chi connectivity index (χ3n) is 12.8. The van der Waals surface area contributed by atoms with Crippen LogP contribution >= 0.6 is 0 Å². The van der Waals surface area contributed by atoms with Gasteiger partial charge in [0.1, 0.15) is 0 Å². The molecule has 282 valence electrons. The summed E-state index contributed by atoms with van der Waals surface area (Å²) in [5, 5.41) is 11.1. The Hall–Kier alpha value is -7.42. The lowest BCUT2D eigenvalue weighted by Gasteiger charge is -2.26. The Morgan fingerprint density at radius 2 is 1.03 bits per heavy atom.